The zero-order valence-corrected chi connectivity index (χ0v) is 18.0. The van der Waals surface area contributed by atoms with E-state index in [4.69, 9.17) is 4.74 Å². The van der Waals surface area contributed by atoms with Gasteiger partial charge in [-0.3, -0.25) is 4.90 Å². The second-order valence-electron chi connectivity index (χ2n) is 7.46. The molecular weight excluding hydrogens is 438 g/mol. The quantitative estimate of drug-likeness (QED) is 0.446. The molecule has 0 radical (unpaired) electrons. The molecule has 1 aliphatic heterocycles. The Labute approximate surface area is 177 Å². The molecule has 1 heterocycles. The maximum atomic E-state index is 14.1. The van der Waals surface area contributed by atoms with Crippen LogP contribution in [-0.4, -0.2) is 21.1 Å². The number of sulfone groups is 1. The van der Waals surface area contributed by atoms with Gasteiger partial charge >= 0.3 is 6.09 Å². The van der Waals surface area contributed by atoms with Crippen molar-refractivity contribution in [1.29, 1.82) is 0 Å². The fraction of sp³-hybridized carbons (Fsp3) is 0.381. The Bertz CT molecular complexity index is 1120. The van der Waals surface area contributed by atoms with Crippen molar-refractivity contribution in [2.24, 2.45) is 0 Å². The second kappa shape index (κ2) is 8.49. The molecule has 0 aromatic heterocycles. The maximum Gasteiger partial charge on any atom is 0.414 e. The van der Waals surface area contributed by atoms with Gasteiger partial charge in [0.15, 0.2) is 33.1 Å². The van der Waals surface area contributed by atoms with Crippen molar-refractivity contribution >= 4 is 21.6 Å². The number of benzene rings is 2. The molecule has 168 valence electrons. The van der Waals surface area contributed by atoms with Gasteiger partial charge in [0.05, 0.1) is 17.2 Å². The molecule has 0 N–H and O–H groups in total. The second-order valence-corrected chi connectivity index (χ2v) is 9.53. The molecule has 10 heteroatoms. The first-order valence-electron chi connectivity index (χ1n) is 9.59. The van der Waals surface area contributed by atoms with Crippen molar-refractivity contribution in [1.82, 2.24) is 0 Å². The summed E-state index contributed by atoms with van der Waals surface area (Å²) in [5, 5.41) is 0. The minimum absolute atomic E-state index is 0.286. The van der Waals surface area contributed by atoms with Crippen LogP contribution in [0.2, 0.25) is 0 Å². The molecule has 0 fully saturated rings. The number of anilines is 1. The first kappa shape index (κ1) is 23.1. The summed E-state index contributed by atoms with van der Waals surface area (Å²) in [5.74, 6) is -8.51. The molecule has 1 amide bonds. The third kappa shape index (κ3) is 4.39. The Hall–Kier alpha value is -2.62. The van der Waals surface area contributed by atoms with Gasteiger partial charge in [0, 0.05) is 23.2 Å². The van der Waals surface area contributed by atoms with E-state index in [2.05, 4.69) is 0 Å². The minimum Gasteiger partial charge on any atom is -0.441 e. The highest BCUT2D eigenvalue weighted by Crippen LogP contribution is 2.36. The lowest BCUT2D eigenvalue weighted by atomic mass is 10.0. The topological polar surface area (TPSA) is 63.7 Å². The van der Waals surface area contributed by atoms with Crippen LogP contribution in [0.25, 0.3) is 0 Å². The molecule has 2 aromatic rings. The van der Waals surface area contributed by atoms with E-state index in [0.717, 1.165) is 6.92 Å². The highest BCUT2D eigenvalue weighted by atomic mass is 32.2. The number of cyclic esters (lactones) is 1. The van der Waals surface area contributed by atoms with Crippen LogP contribution in [0.5, 0.6) is 0 Å². The molecule has 1 unspecified atom stereocenters. The number of hydrogen-bond acceptors (Lipinski definition) is 4. The lowest BCUT2D eigenvalue weighted by Gasteiger charge is -2.32. The molecule has 1 atom stereocenters. The third-order valence-electron chi connectivity index (χ3n) is 5.09. The SMILES string of the molecule is CCCN1C(=O)OC(C)c2cc(CS(=O)(=O)Cc3c(F)c(F)c(C)c(F)c3F)ccc21. The summed E-state index contributed by atoms with van der Waals surface area (Å²) in [6.45, 7) is 4.80. The van der Waals surface area contributed by atoms with Gasteiger partial charge in [-0.2, -0.15) is 0 Å². The van der Waals surface area contributed by atoms with Crippen LogP contribution in [0.15, 0.2) is 18.2 Å². The highest BCUT2D eigenvalue weighted by molar-refractivity contribution is 7.89. The van der Waals surface area contributed by atoms with Gasteiger partial charge in [-0.25, -0.2) is 30.8 Å². The van der Waals surface area contributed by atoms with Gasteiger partial charge in [-0.15, -0.1) is 0 Å². The normalized spacial score (nSPS) is 16.3. The van der Waals surface area contributed by atoms with E-state index < -0.39 is 67.9 Å². The maximum absolute atomic E-state index is 14.1. The number of carbonyl (C=O) groups is 1. The number of rotatable bonds is 6. The predicted octanol–water partition coefficient (Wildman–Crippen LogP) is 5.09. The number of nitrogens with zero attached hydrogens (tertiary/aromatic N) is 1. The van der Waals surface area contributed by atoms with Crippen LogP contribution in [0.4, 0.5) is 28.0 Å². The lowest BCUT2D eigenvalue weighted by molar-refractivity contribution is 0.107. The Morgan fingerprint density at radius 3 is 2.23 bits per heavy atom. The number of carbonyl (C=O) groups excluding carboxylic acids is 1. The number of hydrogen-bond donors (Lipinski definition) is 0. The van der Waals surface area contributed by atoms with E-state index in [-0.39, 0.29) is 5.56 Å². The summed E-state index contributed by atoms with van der Waals surface area (Å²) in [6, 6.07) is 4.60. The molecule has 1 aliphatic rings. The summed E-state index contributed by atoms with van der Waals surface area (Å²) in [6.07, 6.45) is -0.440. The Morgan fingerprint density at radius 2 is 1.65 bits per heavy atom. The minimum atomic E-state index is -4.19. The summed E-state index contributed by atoms with van der Waals surface area (Å²) in [4.78, 5) is 13.5. The van der Waals surface area contributed by atoms with Gasteiger partial charge in [-0.1, -0.05) is 13.0 Å². The van der Waals surface area contributed by atoms with Gasteiger partial charge in [0.1, 0.15) is 6.10 Å². The summed E-state index contributed by atoms with van der Waals surface area (Å²) >= 11 is 0. The van der Waals surface area contributed by atoms with Crippen molar-refractivity contribution in [3.05, 3.63) is 63.7 Å². The zero-order chi connectivity index (χ0) is 23.1. The summed E-state index contributed by atoms with van der Waals surface area (Å²) in [5.41, 5.74) is -0.563. The van der Waals surface area contributed by atoms with Crippen molar-refractivity contribution in [2.45, 2.75) is 44.8 Å². The van der Waals surface area contributed by atoms with Gasteiger partial charge in [0.2, 0.25) is 0 Å². The molecule has 2 aromatic carbocycles. The average Bonchev–Trinajstić information content (AvgIpc) is 2.71. The van der Waals surface area contributed by atoms with E-state index >= 15 is 0 Å². The molecule has 3 rings (SSSR count). The first-order chi connectivity index (χ1) is 14.5. The standard InChI is InChI=1S/C21H21F4NO4S/c1-4-7-26-16-6-5-13(8-14(16)12(3)30-21(26)27)9-31(28,29)10-15-19(24)17(22)11(2)18(23)20(15)25/h5-6,8,12H,4,7,9-10H2,1-3H3. The monoisotopic (exact) mass is 459 g/mol. The van der Waals surface area contributed by atoms with Crippen LogP contribution >= 0.6 is 0 Å². The number of fused-ring (bicyclic) bond motifs is 1. The first-order valence-corrected chi connectivity index (χ1v) is 11.4. The Kier molecular flexibility index (Phi) is 6.31. The molecule has 5 nitrogen and oxygen atoms in total. The van der Waals surface area contributed by atoms with Crippen molar-refractivity contribution in [2.75, 3.05) is 11.4 Å². The summed E-state index contributed by atoms with van der Waals surface area (Å²) in [7, 11) is -4.19. The van der Waals surface area contributed by atoms with E-state index in [1.807, 2.05) is 6.92 Å². The van der Waals surface area contributed by atoms with Crippen LogP contribution in [-0.2, 0) is 26.1 Å². The van der Waals surface area contributed by atoms with Gasteiger partial charge in [0.25, 0.3) is 0 Å². The van der Waals surface area contributed by atoms with Crippen LogP contribution in [0.3, 0.4) is 0 Å². The number of halogens is 4. The van der Waals surface area contributed by atoms with Crippen molar-refractivity contribution < 1.29 is 35.5 Å². The van der Waals surface area contributed by atoms with Crippen LogP contribution < -0.4 is 4.90 Å². The molecule has 31 heavy (non-hydrogen) atoms. The van der Waals surface area contributed by atoms with E-state index in [0.29, 0.717) is 24.2 Å². The molecule has 0 bridgehead atoms. The molecular formula is C21H21F4NO4S. The largest absolute Gasteiger partial charge is 0.441 e. The fourth-order valence-corrected chi connectivity index (χ4v) is 5.00. The van der Waals surface area contributed by atoms with Gasteiger partial charge in [-0.05, 0) is 38.0 Å². The Balaban J connectivity index is 1.92. The lowest BCUT2D eigenvalue weighted by Crippen LogP contribution is -2.37. The van der Waals surface area contributed by atoms with Crippen molar-refractivity contribution in [3.8, 4) is 0 Å². The number of ether oxygens (including phenoxy) is 1. The molecule has 0 aliphatic carbocycles. The molecule has 0 spiro atoms. The van der Waals surface area contributed by atoms with E-state index in [1.54, 1.807) is 13.0 Å². The molecule has 0 saturated carbocycles. The smallest absolute Gasteiger partial charge is 0.414 e. The zero-order valence-electron chi connectivity index (χ0n) is 17.1. The summed E-state index contributed by atoms with van der Waals surface area (Å²) < 4.78 is 86.2. The predicted molar refractivity (Wildman–Crippen MR) is 106 cm³/mol. The average molecular weight is 459 g/mol. The number of amides is 1. The van der Waals surface area contributed by atoms with E-state index in [1.165, 1.54) is 17.0 Å². The fourth-order valence-electron chi connectivity index (χ4n) is 3.52. The van der Waals surface area contributed by atoms with E-state index in [9.17, 15) is 30.8 Å². The Morgan fingerprint density at radius 1 is 1.03 bits per heavy atom. The van der Waals surface area contributed by atoms with Crippen LogP contribution in [0.1, 0.15) is 48.6 Å². The van der Waals surface area contributed by atoms with Crippen molar-refractivity contribution in [3.63, 3.8) is 0 Å². The highest BCUT2D eigenvalue weighted by Gasteiger charge is 2.31. The third-order valence-corrected chi connectivity index (χ3v) is 6.59. The molecule has 0 saturated heterocycles. The van der Waals surface area contributed by atoms with Gasteiger partial charge < -0.3 is 4.74 Å². The van der Waals surface area contributed by atoms with Crippen LogP contribution in [0, 0.1) is 30.2 Å².